The van der Waals surface area contributed by atoms with E-state index < -0.39 is 29.8 Å². The van der Waals surface area contributed by atoms with Gasteiger partial charge in [-0.15, -0.1) is 0 Å². The summed E-state index contributed by atoms with van der Waals surface area (Å²) < 4.78 is 6.46. The molecular weight excluding hydrogens is 861 g/mol. The Morgan fingerprint density at radius 3 is 2.07 bits per heavy atom. The SMILES string of the molecule is C=C(CCCC(C)C)C1CC[C@H]2[C@@H]3CC=C4C[C@@H](OCCCNC(=O)CCC(=O)NC(Cc5ccccc5)C(=O)N[C@@H](Cc5ccccc5)C(=O)Nc5ccc(CO)cc5)CC[C@]4(C)[C@H]3CC[C@]12C. The number of hydrogen-bond donors (Lipinski definition) is 5. The van der Waals surface area contributed by atoms with Gasteiger partial charge in [-0.3, -0.25) is 19.2 Å². The summed E-state index contributed by atoms with van der Waals surface area (Å²) in [6.07, 6.45) is 17.4. The van der Waals surface area contributed by atoms with Crippen LogP contribution in [0.1, 0.15) is 134 Å². The summed E-state index contributed by atoms with van der Waals surface area (Å²) in [4.78, 5) is 54.0. The molecule has 3 saturated carbocycles. The van der Waals surface area contributed by atoms with Crippen molar-refractivity contribution >= 4 is 29.3 Å². The van der Waals surface area contributed by atoms with Crippen LogP contribution >= 0.6 is 0 Å². The molecule has 0 saturated heterocycles. The number of carbonyl (C=O) groups excluding carboxylic acids is 4. The molecule has 4 aliphatic rings. The number of benzene rings is 3. The summed E-state index contributed by atoms with van der Waals surface area (Å²) in [5.74, 6) is 2.18. The van der Waals surface area contributed by atoms with Crippen LogP contribution in [0.5, 0.6) is 0 Å². The second-order valence-corrected chi connectivity index (χ2v) is 21.7. The molecule has 3 fully saturated rings. The van der Waals surface area contributed by atoms with Gasteiger partial charge < -0.3 is 31.1 Å². The number of aliphatic hydroxyl groups excluding tert-OH is 1. The van der Waals surface area contributed by atoms with E-state index in [1.807, 2.05) is 60.7 Å². The minimum atomic E-state index is -0.994. The molecule has 4 amide bonds. The van der Waals surface area contributed by atoms with E-state index in [9.17, 15) is 24.3 Å². The van der Waals surface area contributed by atoms with Gasteiger partial charge >= 0.3 is 0 Å². The van der Waals surface area contributed by atoms with E-state index in [0.29, 0.717) is 42.2 Å². The second-order valence-electron chi connectivity index (χ2n) is 21.7. The third-order valence-corrected chi connectivity index (χ3v) is 16.7. The van der Waals surface area contributed by atoms with Crippen LogP contribution in [0.2, 0.25) is 0 Å². The lowest BCUT2D eigenvalue weighted by molar-refractivity contribution is -0.131. The summed E-state index contributed by atoms with van der Waals surface area (Å²) in [6.45, 7) is 15.4. The maximum Gasteiger partial charge on any atom is 0.247 e. The molecule has 0 spiro atoms. The normalized spacial score (nSPS) is 25.8. The third kappa shape index (κ3) is 13.4. The number of ether oxygens (including phenoxy) is 1. The number of rotatable bonds is 23. The highest BCUT2D eigenvalue weighted by Crippen LogP contribution is 2.67. The van der Waals surface area contributed by atoms with Gasteiger partial charge in [0, 0.05) is 44.5 Å². The van der Waals surface area contributed by atoms with Crippen molar-refractivity contribution in [1.29, 1.82) is 0 Å². The van der Waals surface area contributed by atoms with E-state index in [1.54, 1.807) is 29.8 Å². The maximum atomic E-state index is 14.0. The number of fused-ring (bicyclic) bond motifs is 5. The van der Waals surface area contributed by atoms with Crippen LogP contribution in [-0.2, 0) is 43.4 Å². The van der Waals surface area contributed by atoms with Gasteiger partial charge in [0.05, 0.1) is 12.7 Å². The largest absolute Gasteiger partial charge is 0.392 e. The average molecular weight is 941 g/mol. The van der Waals surface area contributed by atoms with Crippen molar-refractivity contribution in [3.63, 3.8) is 0 Å². The second kappa shape index (κ2) is 24.2. The van der Waals surface area contributed by atoms with E-state index >= 15 is 0 Å². The topological polar surface area (TPSA) is 146 Å². The lowest BCUT2D eigenvalue weighted by Crippen LogP contribution is -2.54. The molecule has 69 heavy (non-hydrogen) atoms. The van der Waals surface area contributed by atoms with Gasteiger partial charge in [-0.05, 0) is 140 Å². The Morgan fingerprint density at radius 2 is 1.41 bits per heavy atom. The highest BCUT2D eigenvalue weighted by molar-refractivity contribution is 5.98. The predicted molar refractivity (Wildman–Crippen MR) is 275 cm³/mol. The maximum absolute atomic E-state index is 14.0. The molecule has 0 aliphatic heterocycles. The molecule has 10 heteroatoms. The van der Waals surface area contributed by atoms with E-state index in [1.165, 1.54) is 63.4 Å². The number of amides is 4. The summed E-state index contributed by atoms with van der Waals surface area (Å²) >= 11 is 0. The van der Waals surface area contributed by atoms with Crippen molar-refractivity contribution in [1.82, 2.24) is 16.0 Å². The van der Waals surface area contributed by atoms with Crippen molar-refractivity contribution in [2.45, 2.75) is 155 Å². The number of carbonyl (C=O) groups is 4. The molecule has 0 radical (unpaired) electrons. The van der Waals surface area contributed by atoms with Crippen LogP contribution in [0.3, 0.4) is 0 Å². The first-order chi connectivity index (χ1) is 33.2. The smallest absolute Gasteiger partial charge is 0.247 e. The van der Waals surface area contributed by atoms with Crippen LogP contribution in [0.15, 0.2) is 109 Å². The molecule has 4 aliphatic carbocycles. The minimum Gasteiger partial charge on any atom is -0.392 e. The molecule has 3 aromatic carbocycles. The Morgan fingerprint density at radius 1 is 0.739 bits per heavy atom. The van der Waals surface area contributed by atoms with Crippen molar-refractivity contribution < 1.29 is 29.0 Å². The molecule has 0 heterocycles. The lowest BCUT2D eigenvalue weighted by Gasteiger charge is -2.58. The number of nitrogens with one attached hydrogen (secondary N) is 4. The summed E-state index contributed by atoms with van der Waals surface area (Å²) in [6, 6.07) is 23.7. The number of allylic oxidation sites excluding steroid dienone is 2. The van der Waals surface area contributed by atoms with Crippen molar-refractivity contribution in [3.05, 3.63) is 125 Å². The van der Waals surface area contributed by atoms with Crippen molar-refractivity contribution in [2.24, 2.45) is 40.4 Å². The zero-order valence-corrected chi connectivity index (χ0v) is 41.9. The Balaban J connectivity index is 0.850. The molecule has 9 atom stereocenters. The number of anilines is 1. The third-order valence-electron chi connectivity index (χ3n) is 16.7. The first-order valence-electron chi connectivity index (χ1n) is 26.2. The highest BCUT2D eigenvalue weighted by atomic mass is 16.5. The van der Waals surface area contributed by atoms with Crippen molar-refractivity contribution in [2.75, 3.05) is 18.5 Å². The minimum absolute atomic E-state index is 0.0221. The van der Waals surface area contributed by atoms with E-state index in [-0.39, 0.29) is 49.7 Å². The van der Waals surface area contributed by atoms with Crippen LogP contribution in [0, 0.1) is 40.4 Å². The van der Waals surface area contributed by atoms with Gasteiger partial charge in [0.1, 0.15) is 12.1 Å². The zero-order valence-electron chi connectivity index (χ0n) is 41.9. The van der Waals surface area contributed by atoms with Gasteiger partial charge in [-0.25, -0.2) is 0 Å². The van der Waals surface area contributed by atoms with E-state index in [2.05, 4.69) is 61.6 Å². The monoisotopic (exact) mass is 941 g/mol. The predicted octanol–water partition coefficient (Wildman–Crippen LogP) is 10.2. The molecule has 0 aromatic heterocycles. The first kappa shape index (κ1) is 51.8. The summed E-state index contributed by atoms with van der Waals surface area (Å²) in [7, 11) is 0. The fraction of sp³-hybridized carbons (Fsp3) is 0.559. The van der Waals surface area contributed by atoms with Crippen LogP contribution in [0.4, 0.5) is 5.69 Å². The molecule has 5 N–H and O–H groups in total. The molecule has 10 nitrogen and oxygen atoms in total. The van der Waals surface area contributed by atoms with Crippen LogP contribution < -0.4 is 21.3 Å². The Bertz CT molecular complexity index is 2230. The Labute approximate surface area is 412 Å². The Hall–Kier alpha value is -5.06. The Kier molecular flexibility index (Phi) is 18.1. The first-order valence-corrected chi connectivity index (χ1v) is 26.2. The molecule has 372 valence electrons. The molecule has 7 rings (SSSR count). The van der Waals surface area contributed by atoms with Gasteiger partial charge in [-0.2, -0.15) is 0 Å². The molecule has 3 aromatic rings. The van der Waals surface area contributed by atoms with Gasteiger partial charge in [0.25, 0.3) is 0 Å². The fourth-order valence-corrected chi connectivity index (χ4v) is 12.8. The molecule has 2 unspecified atom stereocenters. The van der Waals surface area contributed by atoms with Crippen LogP contribution in [0.25, 0.3) is 0 Å². The van der Waals surface area contributed by atoms with Gasteiger partial charge in [0.15, 0.2) is 0 Å². The van der Waals surface area contributed by atoms with E-state index in [0.717, 1.165) is 47.6 Å². The summed E-state index contributed by atoms with van der Waals surface area (Å²) in [5.41, 5.74) is 6.73. The quantitative estimate of drug-likeness (QED) is 0.0473. The van der Waals surface area contributed by atoms with Crippen molar-refractivity contribution in [3.8, 4) is 0 Å². The van der Waals surface area contributed by atoms with Gasteiger partial charge in [-0.1, -0.05) is 131 Å². The molecule has 0 bridgehead atoms. The standard InChI is InChI=1S/C59H80N4O6/c1-40(2)14-12-15-41(3)49-26-27-50-48-25-22-45-38-47(30-32-58(45,4)51(48)31-33-59(49,50)5)69-35-13-34-60-54(65)28-29-55(66)62-52(36-42-16-8-6-9-17-42)57(68)63-53(37-43-18-10-7-11-19-43)56(67)61-46-23-20-44(39-64)21-24-46/h6-11,16-24,40,47-53,64H,3,12-15,25-39H2,1-2,4-5H3,(H,60,65)(H,61,67)(H,62,66)(H,63,68)/t47-,48-,49?,50-,51-,52?,53-,58-,59+/m0/s1. The zero-order chi connectivity index (χ0) is 49.0. The average Bonchev–Trinajstić information content (AvgIpc) is 3.71. The number of aliphatic hydroxyl groups is 1. The van der Waals surface area contributed by atoms with Gasteiger partial charge in [0.2, 0.25) is 23.6 Å². The van der Waals surface area contributed by atoms with Crippen LogP contribution in [-0.4, -0.2) is 60.1 Å². The summed E-state index contributed by atoms with van der Waals surface area (Å²) in [5, 5.41) is 21.0. The molecular formula is C59H80N4O6. The number of hydrogen-bond acceptors (Lipinski definition) is 6. The fourth-order valence-electron chi connectivity index (χ4n) is 12.8. The lowest BCUT2D eigenvalue weighted by atomic mass is 9.47. The highest BCUT2D eigenvalue weighted by Gasteiger charge is 2.58. The van der Waals surface area contributed by atoms with E-state index in [4.69, 9.17) is 4.74 Å².